The maximum atomic E-state index is 12.3. The SMILES string of the molecule is C[C@@H]1[C@@H](C)CCN1C(=O)c1ccc([N+](=O)[O-])cc1O. The van der Waals surface area contributed by atoms with Crippen LogP contribution < -0.4 is 0 Å². The van der Waals surface area contributed by atoms with Gasteiger partial charge in [0.05, 0.1) is 16.6 Å². The van der Waals surface area contributed by atoms with Gasteiger partial charge < -0.3 is 10.0 Å². The monoisotopic (exact) mass is 264 g/mol. The van der Waals surface area contributed by atoms with Crippen LogP contribution >= 0.6 is 0 Å². The first-order chi connectivity index (χ1) is 8.91. The molecule has 0 saturated carbocycles. The molecule has 1 fully saturated rings. The lowest BCUT2D eigenvalue weighted by Crippen LogP contribution is -2.35. The van der Waals surface area contributed by atoms with Gasteiger partial charge in [0.2, 0.25) is 0 Å². The van der Waals surface area contributed by atoms with E-state index in [9.17, 15) is 20.0 Å². The van der Waals surface area contributed by atoms with E-state index in [2.05, 4.69) is 6.92 Å². The molecule has 1 aliphatic heterocycles. The molecule has 1 saturated heterocycles. The number of carbonyl (C=O) groups excluding carboxylic acids is 1. The second-order valence-corrected chi connectivity index (χ2v) is 4.96. The number of phenols is 1. The Morgan fingerprint density at radius 1 is 1.47 bits per heavy atom. The molecule has 2 atom stereocenters. The van der Waals surface area contributed by atoms with Crippen molar-refractivity contribution < 1.29 is 14.8 Å². The lowest BCUT2D eigenvalue weighted by Gasteiger charge is -2.23. The van der Waals surface area contributed by atoms with Crippen LogP contribution in [0.4, 0.5) is 5.69 Å². The number of phenolic OH excluding ortho intramolecular Hbond substituents is 1. The number of non-ortho nitro benzene ring substituents is 1. The van der Waals surface area contributed by atoms with Gasteiger partial charge in [-0.2, -0.15) is 0 Å². The highest BCUT2D eigenvalue weighted by atomic mass is 16.6. The molecule has 1 N–H and O–H groups in total. The van der Waals surface area contributed by atoms with Crippen LogP contribution in [0.15, 0.2) is 18.2 Å². The summed E-state index contributed by atoms with van der Waals surface area (Å²) in [4.78, 5) is 24.0. The summed E-state index contributed by atoms with van der Waals surface area (Å²) in [6.45, 7) is 4.70. The number of nitro benzene ring substituents is 1. The van der Waals surface area contributed by atoms with E-state index in [0.29, 0.717) is 12.5 Å². The number of nitro groups is 1. The van der Waals surface area contributed by atoms with Crippen LogP contribution in [0.2, 0.25) is 0 Å². The summed E-state index contributed by atoms with van der Waals surface area (Å²) in [6, 6.07) is 3.67. The Bertz CT molecular complexity index is 529. The van der Waals surface area contributed by atoms with Gasteiger partial charge in [-0.05, 0) is 25.3 Å². The zero-order valence-electron chi connectivity index (χ0n) is 10.9. The summed E-state index contributed by atoms with van der Waals surface area (Å²) in [5, 5.41) is 20.4. The molecule has 19 heavy (non-hydrogen) atoms. The quantitative estimate of drug-likeness (QED) is 0.655. The first-order valence-corrected chi connectivity index (χ1v) is 6.20. The van der Waals surface area contributed by atoms with Gasteiger partial charge in [0.15, 0.2) is 0 Å². The lowest BCUT2D eigenvalue weighted by atomic mass is 10.0. The Hall–Kier alpha value is -2.11. The molecular formula is C13H16N2O4. The molecule has 0 aliphatic carbocycles. The van der Waals surface area contributed by atoms with Crippen LogP contribution in [0.3, 0.4) is 0 Å². The maximum Gasteiger partial charge on any atom is 0.273 e. The molecule has 1 amide bonds. The molecule has 1 aromatic rings. The van der Waals surface area contributed by atoms with Crippen LogP contribution in [-0.2, 0) is 0 Å². The van der Waals surface area contributed by atoms with Gasteiger partial charge in [0.25, 0.3) is 11.6 Å². The molecule has 0 spiro atoms. The average molecular weight is 264 g/mol. The van der Waals surface area contributed by atoms with E-state index in [0.717, 1.165) is 12.5 Å². The third-order valence-electron chi connectivity index (χ3n) is 3.82. The van der Waals surface area contributed by atoms with Gasteiger partial charge in [0, 0.05) is 18.7 Å². The number of benzene rings is 1. The van der Waals surface area contributed by atoms with Gasteiger partial charge >= 0.3 is 0 Å². The van der Waals surface area contributed by atoms with Crippen molar-refractivity contribution in [1.82, 2.24) is 4.90 Å². The number of rotatable bonds is 2. The molecule has 6 heteroatoms. The first-order valence-electron chi connectivity index (χ1n) is 6.20. The van der Waals surface area contributed by atoms with Crippen molar-refractivity contribution in [2.75, 3.05) is 6.54 Å². The molecule has 0 radical (unpaired) electrons. The molecule has 2 rings (SSSR count). The van der Waals surface area contributed by atoms with Crippen LogP contribution in [0.25, 0.3) is 0 Å². The van der Waals surface area contributed by atoms with Gasteiger partial charge in [-0.25, -0.2) is 0 Å². The second kappa shape index (κ2) is 4.87. The summed E-state index contributed by atoms with van der Waals surface area (Å²) >= 11 is 0. The first kappa shape index (κ1) is 13.3. The second-order valence-electron chi connectivity index (χ2n) is 4.96. The topological polar surface area (TPSA) is 83.7 Å². The van der Waals surface area contributed by atoms with Crippen molar-refractivity contribution in [2.24, 2.45) is 5.92 Å². The number of amides is 1. The van der Waals surface area contributed by atoms with Gasteiger partial charge in [0.1, 0.15) is 5.75 Å². The molecule has 1 aliphatic rings. The standard InChI is InChI=1S/C13H16N2O4/c1-8-5-6-14(9(8)2)13(17)11-4-3-10(15(18)19)7-12(11)16/h3-4,7-9,16H,5-6H2,1-2H3/t8-,9+/m0/s1. The van der Waals surface area contributed by atoms with E-state index in [1.54, 1.807) is 4.90 Å². The predicted molar refractivity (Wildman–Crippen MR) is 69.0 cm³/mol. The molecule has 1 heterocycles. The summed E-state index contributed by atoms with van der Waals surface area (Å²) in [5.41, 5.74) is -0.108. The van der Waals surface area contributed by atoms with Gasteiger partial charge in [-0.15, -0.1) is 0 Å². The van der Waals surface area contributed by atoms with Crippen molar-refractivity contribution in [3.63, 3.8) is 0 Å². The summed E-state index contributed by atoms with van der Waals surface area (Å²) < 4.78 is 0. The fourth-order valence-corrected chi connectivity index (χ4v) is 2.35. The number of nitrogens with zero attached hydrogens (tertiary/aromatic N) is 2. The smallest absolute Gasteiger partial charge is 0.273 e. The fourth-order valence-electron chi connectivity index (χ4n) is 2.35. The number of aromatic hydroxyl groups is 1. The third kappa shape index (κ3) is 2.38. The molecule has 102 valence electrons. The fraction of sp³-hybridized carbons (Fsp3) is 0.462. The molecular weight excluding hydrogens is 248 g/mol. The predicted octanol–water partition coefficient (Wildman–Crippen LogP) is 2.17. The van der Waals surface area contributed by atoms with E-state index in [1.165, 1.54) is 12.1 Å². The normalized spacial score (nSPS) is 22.5. The number of hydrogen-bond acceptors (Lipinski definition) is 4. The number of likely N-dealkylation sites (tertiary alicyclic amines) is 1. The molecule has 6 nitrogen and oxygen atoms in total. The average Bonchev–Trinajstić information content (AvgIpc) is 2.69. The van der Waals surface area contributed by atoms with Crippen LogP contribution in [0.1, 0.15) is 30.6 Å². The lowest BCUT2D eigenvalue weighted by molar-refractivity contribution is -0.384. The Labute approximate surface area is 110 Å². The molecule has 0 unspecified atom stereocenters. The van der Waals surface area contributed by atoms with Crippen molar-refractivity contribution in [1.29, 1.82) is 0 Å². The van der Waals surface area contributed by atoms with Crippen molar-refractivity contribution in [2.45, 2.75) is 26.3 Å². The minimum absolute atomic E-state index is 0.113. The summed E-state index contributed by atoms with van der Waals surface area (Å²) in [6.07, 6.45) is 0.931. The van der Waals surface area contributed by atoms with Crippen LogP contribution in [0.5, 0.6) is 5.75 Å². The van der Waals surface area contributed by atoms with Gasteiger partial charge in [-0.1, -0.05) is 6.92 Å². The Morgan fingerprint density at radius 2 is 2.16 bits per heavy atom. The van der Waals surface area contributed by atoms with Crippen LogP contribution in [-0.4, -0.2) is 33.4 Å². The number of hydrogen-bond donors (Lipinski definition) is 1. The Balaban J connectivity index is 2.27. The van der Waals surface area contributed by atoms with E-state index >= 15 is 0 Å². The van der Waals surface area contributed by atoms with E-state index in [1.807, 2.05) is 6.92 Å². The van der Waals surface area contributed by atoms with Crippen LogP contribution in [0, 0.1) is 16.0 Å². The molecule has 0 bridgehead atoms. The largest absolute Gasteiger partial charge is 0.507 e. The highest BCUT2D eigenvalue weighted by Gasteiger charge is 2.32. The van der Waals surface area contributed by atoms with Crippen molar-refractivity contribution in [3.8, 4) is 5.75 Å². The molecule has 0 aromatic heterocycles. The Morgan fingerprint density at radius 3 is 2.63 bits per heavy atom. The zero-order valence-corrected chi connectivity index (χ0v) is 10.9. The maximum absolute atomic E-state index is 12.3. The summed E-state index contributed by atoms with van der Waals surface area (Å²) in [5.74, 6) is -0.195. The van der Waals surface area contributed by atoms with Crippen molar-refractivity contribution >= 4 is 11.6 Å². The highest BCUT2D eigenvalue weighted by molar-refractivity contribution is 5.97. The third-order valence-corrected chi connectivity index (χ3v) is 3.82. The van der Waals surface area contributed by atoms with Gasteiger partial charge in [-0.3, -0.25) is 14.9 Å². The zero-order chi connectivity index (χ0) is 14.2. The highest BCUT2D eigenvalue weighted by Crippen LogP contribution is 2.29. The van der Waals surface area contributed by atoms with E-state index < -0.39 is 4.92 Å². The van der Waals surface area contributed by atoms with E-state index in [-0.39, 0.29) is 28.9 Å². The summed E-state index contributed by atoms with van der Waals surface area (Å²) in [7, 11) is 0. The minimum atomic E-state index is -0.603. The Kier molecular flexibility index (Phi) is 3.42. The number of carbonyl (C=O) groups is 1. The van der Waals surface area contributed by atoms with Crippen molar-refractivity contribution in [3.05, 3.63) is 33.9 Å². The molecule has 1 aromatic carbocycles. The minimum Gasteiger partial charge on any atom is -0.507 e. The van der Waals surface area contributed by atoms with E-state index in [4.69, 9.17) is 0 Å².